The summed E-state index contributed by atoms with van der Waals surface area (Å²) in [5.41, 5.74) is 0.797. The Balaban J connectivity index is 1.33. The summed E-state index contributed by atoms with van der Waals surface area (Å²) >= 11 is 0. The minimum atomic E-state index is -0.288. The van der Waals surface area contributed by atoms with Gasteiger partial charge in [-0.25, -0.2) is 0 Å². The zero-order chi connectivity index (χ0) is 18.8. The summed E-state index contributed by atoms with van der Waals surface area (Å²) in [5, 5.41) is 10.0. The second-order valence-electron chi connectivity index (χ2n) is 7.06. The maximum atomic E-state index is 12.9. The normalized spacial score (nSPS) is 20.4. The van der Waals surface area contributed by atoms with E-state index in [2.05, 4.69) is 4.90 Å². The van der Waals surface area contributed by atoms with Crippen molar-refractivity contribution in [2.75, 3.05) is 37.6 Å². The molecule has 142 valence electrons. The van der Waals surface area contributed by atoms with Gasteiger partial charge in [0.15, 0.2) is 0 Å². The van der Waals surface area contributed by atoms with Crippen LogP contribution in [0.25, 0.3) is 0 Å². The maximum absolute atomic E-state index is 12.9. The topological polar surface area (TPSA) is 77.2 Å². The van der Waals surface area contributed by atoms with Gasteiger partial charge in [0.2, 0.25) is 11.8 Å². The Hall–Kier alpha value is -2.96. The number of carbonyl (C=O) groups is 2. The molecule has 1 aromatic heterocycles. The number of benzene rings is 1. The molecule has 2 fully saturated rings. The molecular weight excluding hydrogens is 346 g/mol. The van der Waals surface area contributed by atoms with Crippen molar-refractivity contribution in [3.05, 3.63) is 48.4 Å². The van der Waals surface area contributed by atoms with Crippen molar-refractivity contribution in [3.63, 3.8) is 0 Å². The molecule has 0 bridgehead atoms. The van der Waals surface area contributed by atoms with E-state index >= 15 is 0 Å². The van der Waals surface area contributed by atoms with Crippen LogP contribution in [0.4, 0.5) is 5.69 Å². The van der Waals surface area contributed by atoms with Crippen LogP contribution in [0, 0.1) is 5.92 Å². The largest absolute Gasteiger partial charge is 0.506 e. The molecule has 0 spiro atoms. The molecule has 0 radical (unpaired) electrons. The Labute approximate surface area is 157 Å². The molecular formula is C20H23N3O4. The van der Waals surface area contributed by atoms with Crippen LogP contribution in [0.1, 0.15) is 12.2 Å². The first-order valence-corrected chi connectivity index (χ1v) is 9.23. The van der Waals surface area contributed by atoms with Crippen molar-refractivity contribution in [2.45, 2.75) is 13.0 Å². The van der Waals surface area contributed by atoms with Gasteiger partial charge in [-0.2, -0.15) is 0 Å². The Morgan fingerprint density at radius 3 is 2.59 bits per heavy atom. The number of amides is 2. The van der Waals surface area contributed by atoms with Crippen molar-refractivity contribution in [1.29, 1.82) is 0 Å². The molecule has 0 aliphatic carbocycles. The van der Waals surface area contributed by atoms with Crippen LogP contribution in [-0.2, 0) is 16.1 Å². The van der Waals surface area contributed by atoms with Crippen molar-refractivity contribution in [1.82, 2.24) is 9.80 Å². The first-order valence-electron chi connectivity index (χ1n) is 9.23. The number of anilines is 1. The summed E-state index contributed by atoms with van der Waals surface area (Å²) < 4.78 is 5.30. The highest BCUT2D eigenvalue weighted by atomic mass is 16.3. The predicted molar refractivity (Wildman–Crippen MR) is 99.1 cm³/mol. The molecule has 2 aliphatic rings. The molecule has 2 amide bonds. The lowest BCUT2D eigenvalue weighted by Gasteiger charge is -2.37. The number of hydrogen-bond acceptors (Lipinski definition) is 5. The molecule has 7 heteroatoms. The minimum Gasteiger partial charge on any atom is -0.506 e. The van der Waals surface area contributed by atoms with E-state index in [1.807, 2.05) is 23.1 Å². The van der Waals surface area contributed by atoms with Crippen molar-refractivity contribution in [2.24, 2.45) is 5.92 Å². The van der Waals surface area contributed by atoms with E-state index in [4.69, 9.17) is 4.42 Å². The summed E-state index contributed by atoms with van der Waals surface area (Å²) in [4.78, 5) is 30.7. The molecule has 0 saturated carbocycles. The van der Waals surface area contributed by atoms with Crippen LogP contribution in [0.15, 0.2) is 47.1 Å². The third-order valence-corrected chi connectivity index (χ3v) is 5.30. The average Bonchev–Trinajstić information content (AvgIpc) is 3.32. The number of furan rings is 1. The van der Waals surface area contributed by atoms with Crippen LogP contribution in [0.2, 0.25) is 0 Å². The molecule has 2 saturated heterocycles. The summed E-state index contributed by atoms with van der Waals surface area (Å²) in [5.74, 6) is 0.740. The van der Waals surface area contributed by atoms with Gasteiger partial charge in [0, 0.05) is 39.1 Å². The number of likely N-dealkylation sites (tertiary alicyclic amines) is 1. The summed E-state index contributed by atoms with van der Waals surface area (Å²) in [6, 6.07) is 10.9. The second kappa shape index (κ2) is 7.34. The molecule has 2 aliphatic heterocycles. The lowest BCUT2D eigenvalue weighted by Crippen LogP contribution is -2.50. The van der Waals surface area contributed by atoms with Crippen molar-refractivity contribution >= 4 is 17.5 Å². The number of piperazine rings is 1. The fourth-order valence-corrected chi connectivity index (χ4v) is 3.84. The minimum absolute atomic E-state index is 0.00223. The molecule has 1 aromatic carbocycles. The van der Waals surface area contributed by atoms with E-state index in [1.165, 1.54) is 0 Å². The summed E-state index contributed by atoms with van der Waals surface area (Å²) in [6.45, 7) is 3.38. The molecule has 4 rings (SSSR count). The van der Waals surface area contributed by atoms with Gasteiger partial charge in [0.1, 0.15) is 11.5 Å². The number of aromatic hydroxyl groups is 1. The van der Waals surface area contributed by atoms with E-state index in [-0.39, 0.29) is 29.9 Å². The van der Waals surface area contributed by atoms with Gasteiger partial charge in [-0.1, -0.05) is 12.1 Å². The number of rotatable bonds is 4. The quantitative estimate of drug-likeness (QED) is 0.887. The Bertz CT molecular complexity index is 812. The SMILES string of the molecule is O=C1CC(C(=O)N2CCN(c3ccccc3O)CC2)CN1Cc1ccco1. The van der Waals surface area contributed by atoms with Crippen LogP contribution in [0.5, 0.6) is 5.75 Å². The molecule has 3 heterocycles. The van der Waals surface area contributed by atoms with Gasteiger partial charge >= 0.3 is 0 Å². The Morgan fingerprint density at radius 1 is 1.11 bits per heavy atom. The standard InChI is InChI=1S/C20H23N3O4/c24-18-6-2-1-5-17(18)21-7-9-22(10-8-21)20(26)15-12-19(25)23(13-15)14-16-4-3-11-27-16/h1-6,11,15,24H,7-10,12-14H2. The summed E-state index contributed by atoms with van der Waals surface area (Å²) in [7, 11) is 0. The highest BCUT2D eigenvalue weighted by Crippen LogP contribution is 2.28. The first kappa shape index (κ1) is 17.5. The van der Waals surface area contributed by atoms with Gasteiger partial charge in [-0.05, 0) is 24.3 Å². The van der Waals surface area contributed by atoms with Crippen molar-refractivity contribution in [3.8, 4) is 5.75 Å². The number of nitrogens with zero attached hydrogens (tertiary/aromatic N) is 3. The van der Waals surface area contributed by atoms with Crippen LogP contribution in [-0.4, -0.2) is 59.4 Å². The first-order chi connectivity index (χ1) is 13.1. The van der Waals surface area contributed by atoms with Gasteiger partial charge in [-0.3, -0.25) is 9.59 Å². The third-order valence-electron chi connectivity index (χ3n) is 5.30. The molecule has 27 heavy (non-hydrogen) atoms. The summed E-state index contributed by atoms with van der Waals surface area (Å²) in [6.07, 6.45) is 1.85. The predicted octanol–water partition coefficient (Wildman–Crippen LogP) is 1.68. The van der Waals surface area contributed by atoms with E-state index < -0.39 is 0 Å². The number of phenolic OH excluding ortho intramolecular Hbond substituents is 1. The maximum Gasteiger partial charge on any atom is 0.228 e. The van der Waals surface area contributed by atoms with Gasteiger partial charge in [0.05, 0.1) is 24.4 Å². The van der Waals surface area contributed by atoms with E-state index in [0.29, 0.717) is 39.3 Å². The second-order valence-corrected chi connectivity index (χ2v) is 7.06. The highest BCUT2D eigenvalue weighted by molar-refractivity contribution is 5.89. The van der Waals surface area contributed by atoms with Crippen LogP contribution in [0.3, 0.4) is 0 Å². The smallest absolute Gasteiger partial charge is 0.228 e. The Morgan fingerprint density at radius 2 is 1.89 bits per heavy atom. The molecule has 1 atom stereocenters. The zero-order valence-corrected chi connectivity index (χ0v) is 15.1. The lowest BCUT2D eigenvalue weighted by molar-refractivity contribution is -0.136. The zero-order valence-electron chi connectivity index (χ0n) is 15.1. The third kappa shape index (κ3) is 3.63. The molecule has 1 N–H and O–H groups in total. The fourth-order valence-electron chi connectivity index (χ4n) is 3.84. The van der Waals surface area contributed by atoms with Crippen LogP contribution >= 0.6 is 0 Å². The van der Waals surface area contributed by atoms with Crippen LogP contribution < -0.4 is 4.90 Å². The lowest BCUT2D eigenvalue weighted by atomic mass is 10.1. The number of hydrogen-bond donors (Lipinski definition) is 1. The van der Waals surface area contributed by atoms with Gasteiger partial charge < -0.3 is 24.2 Å². The highest BCUT2D eigenvalue weighted by Gasteiger charge is 2.37. The molecule has 7 nitrogen and oxygen atoms in total. The fraction of sp³-hybridized carbons (Fsp3) is 0.400. The van der Waals surface area contributed by atoms with Crippen molar-refractivity contribution < 1.29 is 19.1 Å². The van der Waals surface area contributed by atoms with E-state index in [9.17, 15) is 14.7 Å². The van der Waals surface area contributed by atoms with Gasteiger partial charge in [0.25, 0.3) is 0 Å². The average molecular weight is 369 g/mol. The molecule has 2 aromatic rings. The number of para-hydroxylation sites is 2. The molecule has 1 unspecified atom stereocenters. The van der Waals surface area contributed by atoms with E-state index in [1.54, 1.807) is 29.4 Å². The van der Waals surface area contributed by atoms with Gasteiger partial charge in [-0.15, -0.1) is 0 Å². The number of phenols is 1. The Kier molecular flexibility index (Phi) is 4.75. The monoisotopic (exact) mass is 369 g/mol. The number of carbonyl (C=O) groups excluding carboxylic acids is 2. The van der Waals surface area contributed by atoms with E-state index in [0.717, 1.165) is 11.4 Å².